The predicted molar refractivity (Wildman–Crippen MR) is 153 cm³/mol. The van der Waals surface area contributed by atoms with Gasteiger partial charge in [0, 0.05) is 9.49 Å². The number of carboxylic acid groups (broad SMARTS) is 2. The van der Waals surface area contributed by atoms with Crippen LogP contribution in [-0.4, -0.2) is 108 Å². The summed E-state index contributed by atoms with van der Waals surface area (Å²) in [5.41, 5.74) is 0.953. The fourth-order valence-electron chi connectivity index (χ4n) is 5.46. The normalized spacial score (nSPS) is 30.1. The molecule has 0 aliphatic carbocycles. The average molecular weight is 699 g/mol. The lowest BCUT2D eigenvalue weighted by Gasteiger charge is -2.43. The van der Waals surface area contributed by atoms with Gasteiger partial charge >= 0.3 is 27.6 Å². The Bertz CT molecular complexity index is 1530. The molecule has 3 amide bonds. The zero-order chi connectivity index (χ0) is 34.0. The van der Waals surface area contributed by atoms with Crippen molar-refractivity contribution >= 4 is 63.3 Å². The SMILES string of the molecule is CC1(C)SC2C(OS(=O)(=O)C(F)(F)F)C(=O)N2C1C(=O)O.CC1(C)S[C@@H]2[C@H](NC(=O)[C@H](N)c3ccccc3)C(=O)N2[C@H]1C(=O)O. The van der Waals surface area contributed by atoms with Crippen molar-refractivity contribution in [3.05, 3.63) is 35.9 Å². The Balaban J connectivity index is 0.000000207. The maximum Gasteiger partial charge on any atom is 0.523 e. The highest BCUT2D eigenvalue weighted by atomic mass is 32.2. The largest absolute Gasteiger partial charge is 0.523 e. The molecule has 14 nitrogen and oxygen atoms in total. The number of carbonyl (C=O) groups is 5. The van der Waals surface area contributed by atoms with Crippen LogP contribution in [0.2, 0.25) is 0 Å². The first-order chi connectivity index (χ1) is 20.5. The number of amides is 3. The first kappa shape index (κ1) is 34.8. The van der Waals surface area contributed by atoms with Gasteiger partial charge in [-0.2, -0.15) is 21.6 Å². The predicted octanol–water partition coefficient (Wildman–Crippen LogP) is 0.686. The van der Waals surface area contributed by atoms with E-state index in [2.05, 4.69) is 9.50 Å². The number of carbonyl (C=O) groups excluding carboxylic acids is 3. The van der Waals surface area contributed by atoms with E-state index < -0.39 is 84.5 Å². The third-order valence-corrected chi connectivity index (χ3v) is 11.7. The van der Waals surface area contributed by atoms with Crippen LogP contribution in [0.25, 0.3) is 0 Å². The lowest BCUT2D eigenvalue weighted by molar-refractivity contribution is -0.168. The number of hydrogen-bond acceptors (Lipinski definition) is 11. The number of nitrogens with zero attached hydrogens (tertiary/aromatic N) is 2. The molecular weight excluding hydrogens is 669 g/mol. The Kier molecular flexibility index (Phi) is 8.99. The van der Waals surface area contributed by atoms with E-state index in [-0.39, 0.29) is 11.3 Å². The Morgan fingerprint density at radius 3 is 1.87 bits per heavy atom. The van der Waals surface area contributed by atoms with Crippen LogP contribution in [0.1, 0.15) is 39.3 Å². The second-order valence-corrected chi connectivity index (χ2v) is 16.6. The number of aliphatic carboxylic acids is 2. The van der Waals surface area contributed by atoms with Gasteiger partial charge in [0.1, 0.15) is 34.9 Å². The molecule has 45 heavy (non-hydrogen) atoms. The van der Waals surface area contributed by atoms with Crippen LogP contribution in [-0.2, 0) is 38.3 Å². The lowest BCUT2D eigenvalue weighted by atomic mass is 9.95. The molecule has 0 bridgehead atoms. The summed E-state index contributed by atoms with van der Waals surface area (Å²) in [4.78, 5) is 61.2. The van der Waals surface area contributed by atoms with Gasteiger partial charge in [-0.3, -0.25) is 14.4 Å². The molecule has 0 spiro atoms. The molecular formula is C25H29F3N4O10S3. The minimum atomic E-state index is -5.91. The lowest BCUT2D eigenvalue weighted by Crippen LogP contribution is -2.71. The summed E-state index contributed by atoms with van der Waals surface area (Å²) in [6, 6.07) is 5.12. The van der Waals surface area contributed by atoms with Crippen LogP contribution < -0.4 is 11.1 Å². The van der Waals surface area contributed by atoms with Gasteiger partial charge in [-0.15, -0.1) is 23.5 Å². The number of β-lactam (4-membered cyclic amide) rings is 2. The van der Waals surface area contributed by atoms with Crippen molar-refractivity contribution < 1.29 is 60.0 Å². The summed E-state index contributed by atoms with van der Waals surface area (Å²) in [6.07, 6.45) is -1.86. The molecule has 0 saturated carbocycles. The van der Waals surface area contributed by atoms with Gasteiger partial charge in [0.05, 0.1) is 0 Å². The number of alkyl halides is 3. The molecule has 1 aromatic rings. The van der Waals surface area contributed by atoms with Crippen molar-refractivity contribution in [3.8, 4) is 0 Å². The zero-order valence-electron chi connectivity index (χ0n) is 23.9. The smallest absolute Gasteiger partial charge is 0.480 e. The first-order valence-corrected chi connectivity index (χ1v) is 16.3. The van der Waals surface area contributed by atoms with Crippen molar-refractivity contribution in [2.75, 3.05) is 0 Å². The van der Waals surface area contributed by atoms with E-state index in [1.807, 2.05) is 6.07 Å². The summed E-state index contributed by atoms with van der Waals surface area (Å²) in [5, 5.41) is 19.7. The Labute approximate surface area is 263 Å². The number of nitrogens with one attached hydrogen (secondary N) is 1. The highest BCUT2D eigenvalue weighted by molar-refractivity contribution is 8.02. The van der Waals surface area contributed by atoms with E-state index in [1.165, 1.54) is 30.5 Å². The fourth-order valence-corrected chi connectivity index (χ4v) is 9.32. The van der Waals surface area contributed by atoms with E-state index in [0.29, 0.717) is 5.56 Å². The van der Waals surface area contributed by atoms with E-state index >= 15 is 0 Å². The number of benzene rings is 1. The van der Waals surface area contributed by atoms with Gasteiger partial charge in [0.2, 0.25) is 11.8 Å². The van der Waals surface area contributed by atoms with Crippen molar-refractivity contribution in [2.24, 2.45) is 5.73 Å². The molecule has 4 fully saturated rings. The van der Waals surface area contributed by atoms with Crippen molar-refractivity contribution in [2.45, 2.75) is 83.7 Å². The third kappa shape index (κ3) is 6.09. The maximum atomic E-state index is 12.3. The molecule has 20 heteroatoms. The summed E-state index contributed by atoms with van der Waals surface area (Å²) < 4.78 is 60.9. The quantitative estimate of drug-likeness (QED) is 0.176. The molecule has 248 valence electrons. The summed E-state index contributed by atoms with van der Waals surface area (Å²) in [5.74, 6) is -4.26. The molecule has 4 aliphatic rings. The molecule has 0 radical (unpaired) electrons. The Hall–Kier alpha value is -3.07. The third-order valence-electron chi connectivity index (χ3n) is 7.55. The minimum Gasteiger partial charge on any atom is -0.480 e. The van der Waals surface area contributed by atoms with Gasteiger partial charge in [-0.1, -0.05) is 30.3 Å². The second kappa shape index (κ2) is 11.6. The van der Waals surface area contributed by atoms with Crippen molar-refractivity contribution in [3.63, 3.8) is 0 Å². The Morgan fingerprint density at radius 2 is 1.40 bits per heavy atom. The van der Waals surface area contributed by atoms with Crippen LogP contribution in [0.5, 0.6) is 0 Å². The molecule has 4 heterocycles. The van der Waals surface area contributed by atoms with Crippen LogP contribution >= 0.6 is 23.5 Å². The average Bonchev–Trinajstić information content (AvgIpc) is 3.34. The minimum absolute atomic E-state index is 0.375. The van der Waals surface area contributed by atoms with E-state index in [4.69, 9.17) is 10.8 Å². The van der Waals surface area contributed by atoms with E-state index in [9.17, 15) is 50.7 Å². The number of nitrogens with two attached hydrogens (primary N) is 1. The molecule has 1 aromatic carbocycles. The topological polar surface area (TPSA) is 214 Å². The highest BCUT2D eigenvalue weighted by Gasteiger charge is 2.67. The number of carboxylic acids is 2. The summed E-state index contributed by atoms with van der Waals surface area (Å²) in [7, 11) is -5.91. The number of rotatable bonds is 7. The molecule has 4 saturated heterocycles. The standard InChI is InChI=1S/C16H19N3O4S.C9H10F3NO6S2/c1-16(2)11(15(22)23)19-13(21)10(14(19)24-16)18-12(20)9(17)8-6-4-3-5-7-8;1-8(2)4(7(15)16)13-5(14)3(6(13)20-8)19-21(17,18)9(10,11)12/h3-7,9-11,14H,17H2,1-2H3,(H,18,20)(H,22,23);3-4,6H,1-2H3,(H,15,16)/t9-,10-,11+,14-;/m1./s1. The van der Waals surface area contributed by atoms with Gasteiger partial charge in [0.15, 0.2) is 6.10 Å². The van der Waals surface area contributed by atoms with Crippen molar-refractivity contribution in [1.82, 2.24) is 15.1 Å². The molecule has 5 rings (SSSR count). The number of halogens is 3. The van der Waals surface area contributed by atoms with Crippen LogP contribution in [0.4, 0.5) is 13.2 Å². The number of thioether (sulfide) groups is 2. The van der Waals surface area contributed by atoms with Gasteiger partial charge in [-0.05, 0) is 33.3 Å². The first-order valence-electron chi connectivity index (χ1n) is 13.1. The molecule has 0 aromatic heterocycles. The van der Waals surface area contributed by atoms with Crippen LogP contribution in [0, 0.1) is 0 Å². The zero-order valence-corrected chi connectivity index (χ0v) is 26.4. The van der Waals surface area contributed by atoms with Crippen molar-refractivity contribution in [1.29, 1.82) is 0 Å². The highest BCUT2D eigenvalue weighted by Crippen LogP contribution is 2.53. The maximum absolute atomic E-state index is 12.3. The number of hydrogen-bond donors (Lipinski definition) is 4. The van der Waals surface area contributed by atoms with Gasteiger partial charge in [0.25, 0.3) is 5.91 Å². The van der Waals surface area contributed by atoms with Crippen LogP contribution in [0.3, 0.4) is 0 Å². The van der Waals surface area contributed by atoms with E-state index in [1.54, 1.807) is 38.1 Å². The molecule has 4 aliphatic heterocycles. The van der Waals surface area contributed by atoms with Gasteiger partial charge < -0.3 is 31.1 Å². The van der Waals surface area contributed by atoms with Crippen LogP contribution in [0.15, 0.2) is 30.3 Å². The summed E-state index contributed by atoms with van der Waals surface area (Å²) in [6.45, 7) is 6.57. The number of fused-ring (bicyclic) bond motifs is 2. The summed E-state index contributed by atoms with van der Waals surface area (Å²) >= 11 is 2.27. The molecule has 3 unspecified atom stereocenters. The molecule has 5 N–H and O–H groups in total. The fraction of sp³-hybridized carbons (Fsp3) is 0.560. The second-order valence-electron chi connectivity index (χ2n) is 11.5. The van der Waals surface area contributed by atoms with E-state index in [0.717, 1.165) is 16.7 Å². The Morgan fingerprint density at radius 1 is 0.933 bits per heavy atom. The molecule has 7 atom stereocenters. The van der Waals surface area contributed by atoms with Gasteiger partial charge in [-0.25, -0.2) is 13.8 Å². The monoisotopic (exact) mass is 698 g/mol.